The average Bonchev–Trinajstić information content (AvgIpc) is 2.24. The van der Waals surface area contributed by atoms with E-state index in [2.05, 4.69) is 16.9 Å². The van der Waals surface area contributed by atoms with Crippen LogP contribution in [0.4, 0.5) is 0 Å². The number of nitrogens with one attached hydrogen (secondary N) is 3. The number of H-pyrrole nitrogens is 2. The molecule has 0 aliphatic carbocycles. The van der Waals surface area contributed by atoms with Crippen LogP contribution < -0.4 is 16.6 Å². The van der Waals surface area contributed by atoms with E-state index < -0.39 is 17.1 Å². The molecule has 8 heteroatoms. The molecule has 0 saturated carbocycles. The summed E-state index contributed by atoms with van der Waals surface area (Å²) in [7, 11) is 0. The second kappa shape index (κ2) is 5.75. The Balaban J connectivity index is 2.92. The van der Waals surface area contributed by atoms with E-state index in [0.29, 0.717) is 6.54 Å². The summed E-state index contributed by atoms with van der Waals surface area (Å²) >= 11 is 4.81. The lowest BCUT2D eigenvalue weighted by molar-refractivity contribution is 0.447. The Labute approximate surface area is 101 Å². The summed E-state index contributed by atoms with van der Waals surface area (Å²) in [6.45, 7) is 3.91. The summed E-state index contributed by atoms with van der Waals surface area (Å²) in [5.74, 6) is -0.561. The van der Waals surface area contributed by atoms with Crippen molar-refractivity contribution in [1.82, 2.24) is 15.3 Å². The van der Waals surface area contributed by atoms with Crippen molar-refractivity contribution in [3.8, 4) is 5.88 Å². The molecule has 7 nitrogen and oxygen atoms in total. The first-order chi connectivity index (χ1) is 8.04. The number of hydrogen-bond acceptors (Lipinski definition) is 4. The van der Waals surface area contributed by atoms with E-state index in [0.717, 1.165) is 6.21 Å². The predicted molar refractivity (Wildman–Crippen MR) is 67.7 cm³/mol. The minimum absolute atomic E-state index is 0.134. The molecule has 0 bridgehead atoms. The molecule has 0 unspecified atom stereocenters. The summed E-state index contributed by atoms with van der Waals surface area (Å²) < 4.78 is 0. The summed E-state index contributed by atoms with van der Waals surface area (Å²) in [4.78, 5) is 29.8. The molecule has 0 saturated heterocycles. The van der Waals surface area contributed by atoms with Crippen LogP contribution in [0, 0.1) is 0 Å². The molecule has 0 fully saturated rings. The Kier molecular flexibility index (Phi) is 4.35. The number of nitrogens with zero attached hydrogens (tertiary/aromatic N) is 1. The first kappa shape index (κ1) is 12.8. The van der Waals surface area contributed by atoms with Crippen molar-refractivity contribution >= 4 is 23.5 Å². The van der Waals surface area contributed by atoms with Gasteiger partial charge in [-0.15, -0.1) is 6.58 Å². The summed E-state index contributed by atoms with van der Waals surface area (Å²) in [6, 6.07) is 0. The van der Waals surface area contributed by atoms with Gasteiger partial charge in [0, 0.05) is 12.8 Å². The van der Waals surface area contributed by atoms with Gasteiger partial charge in [-0.2, -0.15) is 0 Å². The number of hydrogen-bond donors (Lipinski definition) is 4. The highest BCUT2D eigenvalue weighted by molar-refractivity contribution is 7.80. The Bertz CT molecular complexity index is 572. The third kappa shape index (κ3) is 3.68. The van der Waals surface area contributed by atoms with Gasteiger partial charge >= 0.3 is 5.69 Å². The maximum atomic E-state index is 11.3. The zero-order valence-electron chi connectivity index (χ0n) is 8.69. The van der Waals surface area contributed by atoms with E-state index in [-0.39, 0.29) is 10.7 Å². The minimum atomic E-state index is -0.794. The number of aromatic nitrogens is 2. The maximum absolute atomic E-state index is 11.3. The van der Waals surface area contributed by atoms with Gasteiger partial charge in [0.15, 0.2) is 5.11 Å². The van der Waals surface area contributed by atoms with Gasteiger partial charge in [-0.3, -0.25) is 14.8 Å². The van der Waals surface area contributed by atoms with Gasteiger partial charge in [0.25, 0.3) is 5.56 Å². The lowest BCUT2D eigenvalue weighted by Gasteiger charge is -1.99. The molecule has 1 heterocycles. The van der Waals surface area contributed by atoms with E-state index in [1.54, 1.807) is 6.08 Å². The molecule has 0 amide bonds. The van der Waals surface area contributed by atoms with Crippen LogP contribution in [-0.4, -0.2) is 32.9 Å². The highest BCUT2D eigenvalue weighted by atomic mass is 32.1. The van der Waals surface area contributed by atoms with Gasteiger partial charge in [-0.05, 0) is 12.2 Å². The van der Waals surface area contributed by atoms with Crippen molar-refractivity contribution in [3.63, 3.8) is 0 Å². The Morgan fingerprint density at radius 2 is 2.24 bits per heavy atom. The molecule has 0 aromatic carbocycles. The van der Waals surface area contributed by atoms with E-state index in [1.807, 2.05) is 9.97 Å². The molecule has 0 atom stereocenters. The van der Waals surface area contributed by atoms with E-state index in [1.165, 1.54) is 0 Å². The fourth-order valence-corrected chi connectivity index (χ4v) is 1.07. The summed E-state index contributed by atoms with van der Waals surface area (Å²) in [5, 5.41) is 12.2. The molecule has 0 spiro atoms. The van der Waals surface area contributed by atoms with Crippen molar-refractivity contribution in [2.24, 2.45) is 4.99 Å². The molecule has 1 aromatic rings. The molecule has 1 rings (SSSR count). The smallest absolute Gasteiger partial charge is 0.328 e. The maximum Gasteiger partial charge on any atom is 0.328 e. The van der Waals surface area contributed by atoms with Crippen molar-refractivity contribution in [3.05, 3.63) is 39.1 Å². The van der Waals surface area contributed by atoms with Crippen LogP contribution in [0.25, 0.3) is 0 Å². The Hall–Kier alpha value is -2.22. The Morgan fingerprint density at radius 1 is 1.53 bits per heavy atom. The van der Waals surface area contributed by atoms with Crippen molar-refractivity contribution < 1.29 is 5.11 Å². The fraction of sp³-hybridized carbons (Fsp3) is 0.111. The predicted octanol–water partition coefficient (Wildman–Crippen LogP) is -0.752. The third-order valence-corrected chi connectivity index (χ3v) is 1.92. The van der Waals surface area contributed by atoms with E-state index in [4.69, 9.17) is 12.2 Å². The molecule has 17 heavy (non-hydrogen) atoms. The van der Waals surface area contributed by atoms with Crippen molar-refractivity contribution in [2.75, 3.05) is 6.54 Å². The van der Waals surface area contributed by atoms with E-state index in [9.17, 15) is 14.7 Å². The third-order valence-electron chi connectivity index (χ3n) is 1.67. The number of aromatic amines is 2. The molecule has 4 N–H and O–H groups in total. The first-order valence-electron chi connectivity index (χ1n) is 4.53. The lowest BCUT2D eigenvalue weighted by atomic mass is 10.3. The van der Waals surface area contributed by atoms with Crippen LogP contribution in [0.15, 0.2) is 27.2 Å². The van der Waals surface area contributed by atoms with Gasteiger partial charge in [0.2, 0.25) is 5.88 Å². The topological polar surface area (TPSA) is 110 Å². The molecule has 0 aliphatic rings. The number of rotatable bonds is 3. The standard InChI is InChI=1S/C9H10N4O3S/c1-2-3-10-9(17)11-4-5-6(14)12-8(16)13-7(5)15/h2,4H,1,3H2,(H,10,17)(H3,12,13,14,15,16). The number of aromatic hydroxyl groups is 1. The van der Waals surface area contributed by atoms with Gasteiger partial charge in [-0.25, -0.2) is 9.79 Å². The lowest BCUT2D eigenvalue weighted by Crippen LogP contribution is -2.25. The average molecular weight is 254 g/mol. The number of thiocarbonyl (C=S) groups is 1. The van der Waals surface area contributed by atoms with Crippen LogP contribution in [0.5, 0.6) is 5.88 Å². The Morgan fingerprint density at radius 3 is 2.82 bits per heavy atom. The monoisotopic (exact) mass is 254 g/mol. The second-order valence-electron chi connectivity index (χ2n) is 2.90. The van der Waals surface area contributed by atoms with Gasteiger partial charge in [0.1, 0.15) is 5.56 Å². The van der Waals surface area contributed by atoms with Crippen LogP contribution in [0.2, 0.25) is 0 Å². The summed E-state index contributed by atoms with van der Waals surface area (Å²) in [5.41, 5.74) is -1.72. The molecule has 90 valence electrons. The quantitative estimate of drug-likeness (QED) is 0.322. The highest BCUT2D eigenvalue weighted by Gasteiger charge is 2.05. The normalized spacial score (nSPS) is 10.4. The van der Waals surface area contributed by atoms with Crippen molar-refractivity contribution in [1.29, 1.82) is 0 Å². The zero-order chi connectivity index (χ0) is 12.8. The van der Waals surface area contributed by atoms with Crippen LogP contribution in [0.3, 0.4) is 0 Å². The van der Waals surface area contributed by atoms with Gasteiger partial charge < -0.3 is 10.4 Å². The highest BCUT2D eigenvalue weighted by Crippen LogP contribution is 2.00. The molecule has 1 aromatic heterocycles. The van der Waals surface area contributed by atoms with Crippen LogP contribution in [-0.2, 0) is 0 Å². The molecule has 0 radical (unpaired) electrons. The fourth-order valence-electron chi connectivity index (χ4n) is 0.932. The van der Waals surface area contributed by atoms with Gasteiger partial charge in [0.05, 0.1) is 0 Å². The number of aliphatic imine (C=N–C) groups is 1. The first-order valence-corrected chi connectivity index (χ1v) is 4.93. The SMILES string of the molecule is C=CCNC(=S)N=Cc1c(O)[nH]c(=O)[nH]c1=O. The minimum Gasteiger partial charge on any atom is -0.494 e. The molecule has 0 aliphatic heterocycles. The van der Waals surface area contributed by atoms with E-state index >= 15 is 0 Å². The van der Waals surface area contributed by atoms with Crippen molar-refractivity contribution in [2.45, 2.75) is 0 Å². The summed E-state index contributed by atoms with van der Waals surface area (Å²) in [6.07, 6.45) is 2.65. The van der Waals surface area contributed by atoms with Crippen LogP contribution >= 0.6 is 12.2 Å². The largest absolute Gasteiger partial charge is 0.494 e. The second-order valence-corrected chi connectivity index (χ2v) is 3.29. The van der Waals surface area contributed by atoms with Gasteiger partial charge in [-0.1, -0.05) is 6.08 Å². The zero-order valence-corrected chi connectivity index (χ0v) is 9.50. The van der Waals surface area contributed by atoms with Crippen LogP contribution in [0.1, 0.15) is 5.56 Å². The molecular formula is C9H10N4O3S. The molecular weight excluding hydrogens is 244 g/mol.